The second kappa shape index (κ2) is 5.32. The highest BCUT2D eigenvalue weighted by molar-refractivity contribution is 6.30. The van der Waals surface area contributed by atoms with Crippen molar-refractivity contribution in [3.05, 3.63) is 34.6 Å². The molecule has 1 rings (SSSR count). The molecule has 3 heteroatoms. The van der Waals surface area contributed by atoms with Gasteiger partial charge >= 0.3 is 0 Å². The number of benzene rings is 1. The van der Waals surface area contributed by atoms with Crippen LogP contribution < -0.4 is 5.32 Å². The summed E-state index contributed by atoms with van der Waals surface area (Å²) in [7, 11) is 1.92. The SMILES string of the molecule is CNCC(C)Cc1ccc(Cl)c(F)c1. The molecule has 0 amide bonds. The Balaban J connectivity index is 2.63. The molecule has 0 saturated heterocycles. The number of hydrogen-bond donors (Lipinski definition) is 1. The number of hydrogen-bond acceptors (Lipinski definition) is 1. The topological polar surface area (TPSA) is 12.0 Å². The quantitative estimate of drug-likeness (QED) is 0.815. The van der Waals surface area contributed by atoms with E-state index in [-0.39, 0.29) is 10.8 Å². The molecule has 1 N–H and O–H groups in total. The van der Waals surface area contributed by atoms with Crippen LogP contribution in [0.3, 0.4) is 0 Å². The molecule has 1 nitrogen and oxygen atoms in total. The first-order chi connectivity index (χ1) is 6.63. The van der Waals surface area contributed by atoms with Gasteiger partial charge in [0, 0.05) is 0 Å². The summed E-state index contributed by atoms with van der Waals surface area (Å²) in [6, 6.07) is 4.99. The van der Waals surface area contributed by atoms with Crippen molar-refractivity contribution in [3.8, 4) is 0 Å². The average molecular weight is 216 g/mol. The maximum Gasteiger partial charge on any atom is 0.142 e. The van der Waals surface area contributed by atoms with Crippen LogP contribution in [0, 0.1) is 11.7 Å². The lowest BCUT2D eigenvalue weighted by Gasteiger charge is -2.10. The maximum absolute atomic E-state index is 13.1. The highest BCUT2D eigenvalue weighted by Crippen LogP contribution is 2.17. The summed E-state index contributed by atoms with van der Waals surface area (Å²) in [4.78, 5) is 0. The van der Waals surface area contributed by atoms with E-state index < -0.39 is 0 Å². The molecule has 14 heavy (non-hydrogen) atoms. The largest absolute Gasteiger partial charge is 0.319 e. The predicted octanol–water partition coefficient (Wildman–Crippen LogP) is 2.88. The van der Waals surface area contributed by atoms with Gasteiger partial charge in [-0.25, -0.2) is 4.39 Å². The highest BCUT2D eigenvalue weighted by atomic mass is 35.5. The zero-order valence-electron chi connectivity index (χ0n) is 8.48. The van der Waals surface area contributed by atoms with Crippen LogP contribution in [0.5, 0.6) is 0 Å². The molecule has 1 atom stereocenters. The van der Waals surface area contributed by atoms with Crippen molar-refractivity contribution in [2.75, 3.05) is 13.6 Å². The van der Waals surface area contributed by atoms with E-state index in [0.29, 0.717) is 5.92 Å². The Kier molecular flexibility index (Phi) is 4.36. The third-order valence-electron chi connectivity index (χ3n) is 2.12. The van der Waals surface area contributed by atoms with Gasteiger partial charge in [0.2, 0.25) is 0 Å². The molecule has 1 aromatic rings. The van der Waals surface area contributed by atoms with Crippen LogP contribution in [0.25, 0.3) is 0 Å². The van der Waals surface area contributed by atoms with Crippen LogP contribution in [0.15, 0.2) is 18.2 Å². The van der Waals surface area contributed by atoms with E-state index >= 15 is 0 Å². The molecule has 0 aliphatic carbocycles. The van der Waals surface area contributed by atoms with Gasteiger partial charge in [0.05, 0.1) is 5.02 Å². The smallest absolute Gasteiger partial charge is 0.142 e. The lowest BCUT2D eigenvalue weighted by Crippen LogP contribution is -2.17. The molecule has 78 valence electrons. The monoisotopic (exact) mass is 215 g/mol. The summed E-state index contributed by atoms with van der Waals surface area (Å²) in [5.74, 6) is 0.168. The lowest BCUT2D eigenvalue weighted by atomic mass is 10.0. The molecule has 0 saturated carbocycles. The minimum Gasteiger partial charge on any atom is -0.319 e. The summed E-state index contributed by atoms with van der Waals surface area (Å²) in [6.45, 7) is 3.06. The second-order valence-corrected chi connectivity index (χ2v) is 4.02. The molecule has 0 aliphatic heterocycles. The van der Waals surface area contributed by atoms with Gasteiger partial charge in [0.15, 0.2) is 0 Å². The highest BCUT2D eigenvalue weighted by Gasteiger charge is 2.05. The van der Waals surface area contributed by atoms with Gasteiger partial charge in [-0.2, -0.15) is 0 Å². The van der Waals surface area contributed by atoms with Crippen molar-refractivity contribution in [2.24, 2.45) is 5.92 Å². The maximum atomic E-state index is 13.1. The van der Waals surface area contributed by atoms with Crippen LogP contribution in [0.4, 0.5) is 4.39 Å². The zero-order valence-corrected chi connectivity index (χ0v) is 9.24. The summed E-state index contributed by atoms with van der Waals surface area (Å²) in [6.07, 6.45) is 0.870. The van der Waals surface area contributed by atoms with E-state index in [4.69, 9.17) is 11.6 Å². The third kappa shape index (κ3) is 3.28. The summed E-state index contributed by atoms with van der Waals surface area (Å²) >= 11 is 5.59. The Hall–Kier alpha value is -0.600. The molecule has 0 bridgehead atoms. The second-order valence-electron chi connectivity index (χ2n) is 3.62. The van der Waals surface area contributed by atoms with Gasteiger partial charge < -0.3 is 5.32 Å². The van der Waals surface area contributed by atoms with Crippen molar-refractivity contribution in [3.63, 3.8) is 0 Å². The Labute approximate surface area is 89.3 Å². The molecular weight excluding hydrogens is 201 g/mol. The van der Waals surface area contributed by atoms with Crippen molar-refractivity contribution in [1.29, 1.82) is 0 Å². The molecule has 0 aromatic heterocycles. The zero-order chi connectivity index (χ0) is 10.6. The number of nitrogens with one attached hydrogen (secondary N) is 1. The van der Waals surface area contributed by atoms with Crippen LogP contribution in [0.2, 0.25) is 5.02 Å². The normalized spacial score (nSPS) is 12.9. The Bertz CT molecular complexity index is 301. The van der Waals surface area contributed by atoms with E-state index in [2.05, 4.69) is 12.2 Å². The molecule has 0 spiro atoms. The fraction of sp³-hybridized carbons (Fsp3) is 0.455. The van der Waals surface area contributed by atoms with Crippen molar-refractivity contribution in [2.45, 2.75) is 13.3 Å². The fourth-order valence-electron chi connectivity index (χ4n) is 1.49. The molecule has 1 aromatic carbocycles. The molecular formula is C11H15ClFN. The lowest BCUT2D eigenvalue weighted by molar-refractivity contribution is 0.539. The van der Waals surface area contributed by atoms with Crippen LogP contribution in [0.1, 0.15) is 12.5 Å². The minimum atomic E-state index is -0.333. The molecule has 0 radical (unpaired) electrons. The standard InChI is InChI=1S/C11H15ClFN/c1-8(7-14-2)5-9-3-4-10(12)11(13)6-9/h3-4,6,8,14H,5,7H2,1-2H3. The van der Waals surface area contributed by atoms with E-state index in [9.17, 15) is 4.39 Å². The van der Waals surface area contributed by atoms with E-state index in [0.717, 1.165) is 18.5 Å². The van der Waals surface area contributed by atoms with Crippen LogP contribution in [-0.4, -0.2) is 13.6 Å². The van der Waals surface area contributed by atoms with Crippen molar-refractivity contribution < 1.29 is 4.39 Å². The van der Waals surface area contributed by atoms with Crippen molar-refractivity contribution in [1.82, 2.24) is 5.32 Å². The van der Waals surface area contributed by atoms with E-state index in [1.165, 1.54) is 6.07 Å². The van der Waals surface area contributed by atoms with Crippen LogP contribution >= 0.6 is 11.6 Å². The van der Waals surface area contributed by atoms with Crippen LogP contribution in [-0.2, 0) is 6.42 Å². The molecule has 0 heterocycles. The van der Waals surface area contributed by atoms with E-state index in [1.54, 1.807) is 6.07 Å². The molecule has 0 fully saturated rings. The number of halogens is 2. The summed E-state index contributed by atoms with van der Waals surface area (Å²) in [5.41, 5.74) is 0.995. The predicted molar refractivity (Wildman–Crippen MR) is 58.2 cm³/mol. The average Bonchev–Trinajstić information content (AvgIpc) is 2.12. The van der Waals surface area contributed by atoms with Gasteiger partial charge in [0.1, 0.15) is 5.82 Å². The summed E-state index contributed by atoms with van der Waals surface area (Å²) < 4.78 is 13.1. The first-order valence-corrected chi connectivity index (χ1v) is 5.09. The molecule has 0 aliphatic rings. The Morgan fingerprint density at radius 3 is 2.79 bits per heavy atom. The first kappa shape index (κ1) is 11.5. The minimum absolute atomic E-state index is 0.190. The van der Waals surface area contributed by atoms with Gasteiger partial charge in [-0.05, 0) is 43.6 Å². The van der Waals surface area contributed by atoms with Gasteiger partial charge in [-0.3, -0.25) is 0 Å². The summed E-state index contributed by atoms with van der Waals surface area (Å²) in [5, 5.41) is 3.28. The Morgan fingerprint density at radius 2 is 2.21 bits per heavy atom. The first-order valence-electron chi connectivity index (χ1n) is 4.72. The van der Waals surface area contributed by atoms with Gasteiger partial charge in [0.25, 0.3) is 0 Å². The van der Waals surface area contributed by atoms with Gasteiger partial charge in [-0.1, -0.05) is 24.6 Å². The molecule has 1 unspecified atom stereocenters. The number of rotatable bonds is 4. The van der Waals surface area contributed by atoms with Crippen molar-refractivity contribution >= 4 is 11.6 Å². The fourth-order valence-corrected chi connectivity index (χ4v) is 1.61. The van der Waals surface area contributed by atoms with E-state index in [1.807, 2.05) is 13.1 Å². The van der Waals surface area contributed by atoms with Gasteiger partial charge in [-0.15, -0.1) is 0 Å². The third-order valence-corrected chi connectivity index (χ3v) is 2.43. The Morgan fingerprint density at radius 1 is 1.50 bits per heavy atom.